The highest BCUT2D eigenvalue weighted by molar-refractivity contribution is 8.01. The number of carbonyl (C=O) groups excluding carboxylic acids is 2. The second kappa shape index (κ2) is 9.19. The lowest BCUT2D eigenvalue weighted by atomic mass is 10.0. The Morgan fingerprint density at radius 3 is 2.61 bits per heavy atom. The summed E-state index contributed by atoms with van der Waals surface area (Å²) in [5.74, 6) is -2.42. The lowest BCUT2D eigenvalue weighted by molar-refractivity contribution is -0.113. The number of anilines is 2. The molecule has 4 aromatic rings. The minimum Gasteiger partial charge on any atom is -0.323 e. The van der Waals surface area contributed by atoms with Gasteiger partial charge in [-0.25, -0.2) is 8.78 Å². The number of carbonyl (C=O) groups is 2. The number of nitrogens with zero attached hydrogens (tertiary/aromatic N) is 2. The third-order valence-corrected chi connectivity index (χ3v) is 6.17. The molecule has 0 bridgehead atoms. The van der Waals surface area contributed by atoms with Crippen molar-refractivity contribution in [1.29, 1.82) is 0 Å². The first-order chi connectivity index (χ1) is 15.0. The zero-order chi connectivity index (χ0) is 21.8. The van der Waals surface area contributed by atoms with Gasteiger partial charge in [0.2, 0.25) is 11.0 Å². The lowest BCUT2D eigenvalue weighted by Gasteiger charge is -2.05. The summed E-state index contributed by atoms with van der Waals surface area (Å²) in [6, 6.07) is 15.9. The molecule has 4 rings (SSSR count). The normalized spacial score (nSPS) is 10.8. The highest BCUT2D eigenvalue weighted by Crippen LogP contribution is 2.27. The average Bonchev–Trinajstić information content (AvgIpc) is 3.21. The van der Waals surface area contributed by atoms with Crippen molar-refractivity contribution in [1.82, 2.24) is 10.2 Å². The number of aromatic nitrogens is 2. The molecule has 3 aromatic carbocycles. The van der Waals surface area contributed by atoms with Crippen LogP contribution in [0.4, 0.5) is 19.6 Å². The van der Waals surface area contributed by atoms with Gasteiger partial charge >= 0.3 is 0 Å². The number of hydrogen-bond donors (Lipinski definition) is 2. The molecule has 0 atom stereocenters. The third kappa shape index (κ3) is 5.04. The number of hydrogen-bond acceptors (Lipinski definition) is 6. The second-order valence-electron chi connectivity index (χ2n) is 6.31. The molecule has 2 amide bonds. The zero-order valence-corrected chi connectivity index (χ0v) is 17.4. The van der Waals surface area contributed by atoms with Gasteiger partial charge < -0.3 is 5.32 Å². The van der Waals surface area contributed by atoms with Crippen LogP contribution in [0.15, 0.2) is 65.0 Å². The number of amides is 2. The molecule has 0 fully saturated rings. The van der Waals surface area contributed by atoms with Crippen LogP contribution in [-0.2, 0) is 4.79 Å². The number of fused-ring (bicyclic) bond motifs is 1. The summed E-state index contributed by atoms with van der Waals surface area (Å²) >= 11 is 2.21. The van der Waals surface area contributed by atoms with Gasteiger partial charge in [-0.2, -0.15) is 0 Å². The molecule has 0 saturated carbocycles. The van der Waals surface area contributed by atoms with Gasteiger partial charge in [0, 0.05) is 11.6 Å². The van der Waals surface area contributed by atoms with Crippen LogP contribution in [0.2, 0.25) is 0 Å². The minimum absolute atomic E-state index is 0.0529. The highest BCUT2D eigenvalue weighted by Gasteiger charge is 2.14. The minimum atomic E-state index is -0.854. The molecule has 1 aromatic heterocycles. The van der Waals surface area contributed by atoms with Gasteiger partial charge in [-0.3, -0.25) is 14.9 Å². The fourth-order valence-electron chi connectivity index (χ4n) is 2.81. The molecule has 0 saturated heterocycles. The van der Waals surface area contributed by atoms with Gasteiger partial charge in [0.1, 0.15) is 11.6 Å². The van der Waals surface area contributed by atoms with Crippen LogP contribution in [0.3, 0.4) is 0 Å². The van der Waals surface area contributed by atoms with Crippen LogP contribution in [0.25, 0.3) is 10.8 Å². The van der Waals surface area contributed by atoms with Gasteiger partial charge in [0.25, 0.3) is 5.91 Å². The molecule has 0 radical (unpaired) electrons. The SMILES string of the molecule is O=C(CSc1nnc(NC(=O)c2cccc3ccccc23)s1)Nc1ccc(F)cc1F. The molecule has 0 aliphatic rings. The number of halogens is 2. The van der Waals surface area contributed by atoms with E-state index in [1.54, 1.807) is 12.1 Å². The molecule has 0 aliphatic carbocycles. The van der Waals surface area contributed by atoms with Crippen LogP contribution in [0.1, 0.15) is 10.4 Å². The van der Waals surface area contributed by atoms with E-state index < -0.39 is 17.5 Å². The fourth-order valence-corrected chi connectivity index (χ4v) is 4.36. The van der Waals surface area contributed by atoms with E-state index in [0.717, 1.165) is 46.0 Å². The Labute approximate surface area is 183 Å². The largest absolute Gasteiger partial charge is 0.323 e. The van der Waals surface area contributed by atoms with E-state index in [4.69, 9.17) is 0 Å². The fraction of sp³-hybridized carbons (Fsp3) is 0.0476. The molecule has 10 heteroatoms. The van der Waals surface area contributed by atoms with Crippen molar-refractivity contribution in [2.75, 3.05) is 16.4 Å². The van der Waals surface area contributed by atoms with Crippen molar-refractivity contribution < 1.29 is 18.4 Å². The standard InChI is InChI=1S/C21H14F2N4O2S2/c22-13-8-9-17(16(23)10-13)24-18(28)11-30-21-27-26-20(31-21)25-19(29)15-7-3-5-12-4-1-2-6-14(12)15/h1-10H,11H2,(H,24,28)(H,25,26,29). The molecule has 31 heavy (non-hydrogen) atoms. The quantitative estimate of drug-likeness (QED) is 0.317. The third-order valence-electron chi connectivity index (χ3n) is 4.19. The molecule has 2 N–H and O–H groups in total. The maximum absolute atomic E-state index is 13.6. The van der Waals surface area contributed by atoms with Crippen molar-refractivity contribution in [3.63, 3.8) is 0 Å². The predicted octanol–water partition coefficient (Wildman–Crippen LogP) is 4.95. The summed E-state index contributed by atoms with van der Waals surface area (Å²) in [5.41, 5.74) is 0.413. The van der Waals surface area contributed by atoms with E-state index in [1.165, 1.54) is 0 Å². The summed E-state index contributed by atoms with van der Waals surface area (Å²) in [4.78, 5) is 24.7. The zero-order valence-electron chi connectivity index (χ0n) is 15.8. The van der Waals surface area contributed by atoms with Crippen LogP contribution in [-0.4, -0.2) is 27.8 Å². The number of thioether (sulfide) groups is 1. The second-order valence-corrected chi connectivity index (χ2v) is 8.51. The Morgan fingerprint density at radius 2 is 1.77 bits per heavy atom. The van der Waals surface area contributed by atoms with Crippen LogP contribution in [0, 0.1) is 11.6 Å². The predicted molar refractivity (Wildman–Crippen MR) is 118 cm³/mol. The van der Waals surface area contributed by atoms with Gasteiger partial charge in [0.15, 0.2) is 4.34 Å². The smallest absolute Gasteiger partial charge is 0.258 e. The first-order valence-electron chi connectivity index (χ1n) is 9.00. The van der Waals surface area contributed by atoms with E-state index in [9.17, 15) is 18.4 Å². The van der Waals surface area contributed by atoms with Crippen molar-refractivity contribution in [3.05, 3.63) is 77.9 Å². The Kier molecular flexibility index (Phi) is 6.19. The van der Waals surface area contributed by atoms with E-state index in [-0.39, 0.29) is 17.3 Å². The topological polar surface area (TPSA) is 84.0 Å². The Morgan fingerprint density at radius 1 is 0.968 bits per heavy atom. The van der Waals surface area contributed by atoms with Crippen molar-refractivity contribution in [3.8, 4) is 0 Å². The summed E-state index contributed by atoms with van der Waals surface area (Å²) in [7, 11) is 0. The van der Waals surface area contributed by atoms with Gasteiger partial charge in [-0.1, -0.05) is 59.5 Å². The van der Waals surface area contributed by atoms with Crippen LogP contribution in [0.5, 0.6) is 0 Å². The first-order valence-corrected chi connectivity index (χ1v) is 10.8. The monoisotopic (exact) mass is 456 g/mol. The Bertz CT molecular complexity index is 1270. The van der Waals surface area contributed by atoms with E-state index in [0.29, 0.717) is 21.1 Å². The van der Waals surface area contributed by atoms with Crippen molar-refractivity contribution in [2.45, 2.75) is 4.34 Å². The molecule has 1 heterocycles. The molecular formula is C21H14F2N4O2S2. The van der Waals surface area contributed by atoms with Gasteiger partial charge in [0.05, 0.1) is 11.4 Å². The van der Waals surface area contributed by atoms with Gasteiger partial charge in [-0.05, 0) is 29.0 Å². The van der Waals surface area contributed by atoms with Crippen LogP contribution < -0.4 is 10.6 Å². The summed E-state index contributed by atoms with van der Waals surface area (Å²) in [6.07, 6.45) is 0. The molecule has 0 spiro atoms. The van der Waals surface area contributed by atoms with Crippen molar-refractivity contribution >= 4 is 56.5 Å². The maximum atomic E-state index is 13.6. The van der Waals surface area contributed by atoms with E-state index >= 15 is 0 Å². The maximum Gasteiger partial charge on any atom is 0.258 e. The van der Waals surface area contributed by atoms with Crippen LogP contribution >= 0.6 is 23.1 Å². The molecule has 6 nitrogen and oxygen atoms in total. The average molecular weight is 456 g/mol. The van der Waals surface area contributed by atoms with E-state index in [1.807, 2.05) is 30.3 Å². The summed E-state index contributed by atoms with van der Waals surface area (Å²) in [6.45, 7) is 0. The molecular weight excluding hydrogens is 442 g/mol. The summed E-state index contributed by atoms with van der Waals surface area (Å²) in [5, 5.41) is 15.0. The van der Waals surface area contributed by atoms with Gasteiger partial charge in [-0.15, -0.1) is 10.2 Å². The lowest BCUT2D eigenvalue weighted by Crippen LogP contribution is -2.15. The number of rotatable bonds is 6. The highest BCUT2D eigenvalue weighted by atomic mass is 32.2. The first kappa shape index (κ1) is 20.9. The summed E-state index contributed by atoms with van der Waals surface area (Å²) < 4.78 is 27.0. The number of nitrogens with one attached hydrogen (secondary N) is 2. The van der Waals surface area contributed by atoms with E-state index in [2.05, 4.69) is 20.8 Å². The molecule has 156 valence electrons. The Balaban J connectivity index is 1.36. The Hall–Kier alpha value is -3.37. The molecule has 0 aliphatic heterocycles. The molecule has 0 unspecified atom stereocenters. The van der Waals surface area contributed by atoms with Crippen molar-refractivity contribution in [2.24, 2.45) is 0 Å². The number of benzene rings is 3.